The van der Waals surface area contributed by atoms with E-state index in [0.29, 0.717) is 29.9 Å². The first kappa shape index (κ1) is 22.3. The van der Waals surface area contributed by atoms with Crippen molar-refractivity contribution in [2.45, 2.75) is 52.0 Å². The van der Waals surface area contributed by atoms with Crippen LogP contribution < -0.4 is 5.32 Å². The quantitative estimate of drug-likeness (QED) is 0.581. The third-order valence-corrected chi connectivity index (χ3v) is 7.05. The lowest BCUT2D eigenvalue weighted by atomic mass is 10.0. The molecule has 2 amide bonds. The smallest absolute Gasteiger partial charge is 0.270 e. The Hall–Kier alpha value is -3.55. The number of aromatic nitrogens is 3. The minimum absolute atomic E-state index is 0.140. The number of aryl methyl sites for hydroxylation is 2. The molecule has 3 heterocycles. The van der Waals surface area contributed by atoms with E-state index in [-0.39, 0.29) is 35.5 Å². The van der Waals surface area contributed by atoms with Crippen LogP contribution in [-0.4, -0.2) is 44.3 Å². The van der Waals surface area contributed by atoms with Crippen molar-refractivity contribution in [2.75, 3.05) is 11.9 Å². The Bertz CT molecular complexity index is 1250. The topological polar surface area (TPSA) is 91.0 Å². The molecule has 1 aliphatic carbocycles. The molecule has 0 unspecified atom stereocenters. The van der Waals surface area contributed by atoms with Crippen LogP contribution in [0, 0.1) is 25.6 Å². The van der Waals surface area contributed by atoms with Gasteiger partial charge in [0.15, 0.2) is 0 Å². The number of hydrogen-bond donors (Lipinski definition) is 2. The van der Waals surface area contributed by atoms with Gasteiger partial charge in [-0.05, 0) is 81.8 Å². The van der Waals surface area contributed by atoms with E-state index < -0.39 is 0 Å². The van der Waals surface area contributed by atoms with Gasteiger partial charge >= 0.3 is 0 Å². The van der Waals surface area contributed by atoms with Crippen LogP contribution in [0.1, 0.15) is 59.5 Å². The van der Waals surface area contributed by atoms with E-state index in [1.165, 1.54) is 12.4 Å². The maximum absolute atomic E-state index is 14.0. The number of aromatic amines is 1. The molecule has 34 heavy (non-hydrogen) atoms. The summed E-state index contributed by atoms with van der Waals surface area (Å²) in [6.45, 7) is 6.22. The van der Waals surface area contributed by atoms with Gasteiger partial charge in [0.2, 0.25) is 5.91 Å². The maximum atomic E-state index is 14.0. The van der Waals surface area contributed by atoms with Crippen LogP contribution in [-0.2, 0) is 4.79 Å². The van der Waals surface area contributed by atoms with Crippen LogP contribution >= 0.6 is 0 Å². The van der Waals surface area contributed by atoms with E-state index in [1.807, 2.05) is 26.8 Å². The Labute approximate surface area is 197 Å². The number of halogens is 1. The second-order valence-corrected chi connectivity index (χ2v) is 9.34. The lowest BCUT2D eigenvalue weighted by molar-refractivity contribution is -0.120. The lowest BCUT2D eigenvalue weighted by Gasteiger charge is -2.24. The molecule has 5 rings (SSSR count). The Morgan fingerprint density at radius 2 is 1.82 bits per heavy atom. The summed E-state index contributed by atoms with van der Waals surface area (Å²) in [6, 6.07) is 8.13. The zero-order valence-corrected chi connectivity index (χ0v) is 19.6. The van der Waals surface area contributed by atoms with Crippen LogP contribution in [0.15, 0.2) is 36.7 Å². The zero-order chi connectivity index (χ0) is 24.0. The number of benzene rings is 1. The fourth-order valence-electron chi connectivity index (χ4n) is 4.94. The fourth-order valence-corrected chi connectivity index (χ4v) is 4.94. The Morgan fingerprint density at radius 3 is 2.53 bits per heavy atom. The van der Waals surface area contributed by atoms with Gasteiger partial charge in [0.25, 0.3) is 5.91 Å². The summed E-state index contributed by atoms with van der Waals surface area (Å²) >= 11 is 0. The predicted molar refractivity (Wildman–Crippen MR) is 127 cm³/mol. The fraction of sp³-hybridized carbons (Fsp3) is 0.385. The number of rotatable bonds is 5. The molecule has 176 valence electrons. The van der Waals surface area contributed by atoms with Gasteiger partial charge in [-0.1, -0.05) is 0 Å². The van der Waals surface area contributed by atoms with Crippen molar-refractivity contribution < 1.29 is 14.0 Å². The Morgan fingerprint density at radius 1 is 1.09 bits per heavy atom. The van der Waals surface area contributed by atoms with Gasteiger partial charge in [-0.2, -0.15) is 0 Å². The molecule has 2 N–H and O–H groups in total. The number of hydrogen-bond acceptors (Lipinski definition) is 4. The first-order chi connectivity index (χ1) is 16.3. The molecule has 2 fully saturated rings. The van der Waals surface area contributed by atoms with Gasteiger partial charge in [0.05, 0.1) is 17.3 Å². The van der Waals surface area contributed by atoms with Gasteiger partial charge in [-0.15, -0.1) is 0 Å². The molecule has 1 saturated heterocycles. The monoisotopic (exact) mass is 461 g/mol. The molecule has 2 atom stereocenters. The normalized spacial score (nSPS) is 19.9. The third kappa shape index (κ3) is 4.08. The molecular formula is C26H28FN5O2. The molecule has 1 aromatic carbocycles. The van der Waals surface area contributed by atoms with E-state index in [2.05, 4.69) is 20.3 Å². The van der Waals surface area contributed by atoms with Crippen LogP contribution in [0.4, 0.5) is 10.1 Å². The predicted octanol–water partition coefficient (Wildman–Crippen LogP) is 4.59. The van der Waals surface area contributed by atoms with E-state index in [4.69, 9.17) is 0 Å². The second-order valence-electron chi connectivity index (χ2n) is 9.34. The summed E-state index contributed by atoms with van der Waals surface area (Å²) in [7, 11) is 0. The summed E-state index contributed by atoms with van der Waals surface area (Å²) in [6.07, 6.45) is 4.08. The summed E-state index contributed by atoms with van der Waals surface area (Å²) in [5.74, 6) is -0.574. The molecule has 0 radical (unpaired) electrons. The molecule has 2 aromatic heterocycles. The number of carbonyl (C=O) groups excluding carboxylic acids is 2. The highest BCUT2D eigenvalue weighted by molar-refractivity contribution is 5.97. The number of anilines is 1. The molecule has 3 aromatic rings. The van der Waals surface area contributed by atoms with Crippen LogP contribution in [0.25, 0.3) is 11.3 Å². The van der Waals surface area contributed by atoms with Crippen molar-refractivity contribution in [1.82, 2.24) is 19.9 Å². The molecule has 0 spiro atoms. The average molecular weight is 462 g/mol. The number of carbonyl (C=O) groups is 2. The molecule has 0 bridgehead atoms. The number of likely N-dealkylation sites (tertiary alicyclic amines) is 1. The zero-order valence-electron chi connectivity index (χ0n) is 19.6. The minimum Gasteiger partial charge on any atom is -0.350 e. The van der Waals surface area contributed by atoms with Gasteiger partial charge in [-0.3, -0.25) is 9.59 Å². The largest absolute Gasteiger partial charge is 0.350 e. The van der Waals surface area contributed by atoms with Crippen molar-refractivity contribution >= 4 is 17.5 Å². The number of nitrogens with one attached hydrogen (secondary N) is 2. The first-order valence-corrected chi connectivity index (χ1v) is 11.7. The number of H-pyrrole nitrogens is 1. The molecular weight excluding hydrogens is 433 g/mol. The highest BCUT2D eigenvalue weighted by Gasteiger charge is 2.39. The number of amides is 2. The molecule has 8 heteroatoms. The SMILES string of the molecule is Cc1ncnc(C)c1-c1ccc(C(=O)N2CC[C@H](C(=O)Nc3ccc(F)c(C4CC4)c3)[C@@H]2C)[nH]1. The van der Waals surface area contributed by atoms with E-state index in [1.54, 1.807) is 23.1 Å². The number of nitrogens with zero attached hydrogens (tertiary/aromatic N) is 3. The van der Waals surface area contributed by atoms with Crippen molar-refractivity contribution in [3.05, 3.63) is 65.1 Å². The van der Waals surface area contributed by atoms with Crippen LogP contribution in [0.3, 0.4) is 0 Å². The molecule has 1 saturated carbocycles. The van der Waals surface area contributed by atoms with Crippen molar-refractivity contribution in [2.24, 2.45) is 5.92 Å². The van der Waals surface area contributed by atoms with Gasteiger partial charge in [0.1, 0.15) is 17.8 Å². The average Bonchev–Trinajstić information content (AvgIpc) is 3.41. The minimum atomic E-state index is -0.333. The van der Waals surface area contributed by atoms with Gasteiger partial charge in [-0.25, -0.2) is 14.4 Å². The highest BCUT2D eigenvalue weighted by Crippen LogP contribution is 2.42. The van der Waals surface area contributed by atoms with Crippen molar-refractivity contribution in [3.63, 3.8) is 0 Å². The van der Waals surface area contributed by atoms with E-state index >= 15 is 0 Å². The van der Waals surface area contributed by atoms with Crippen LogP contribution in [0.5, 0.6) is 0 Å². The Kier molecular flexibility index (Phi) is 5.67. The van der Waals surface area contributed by atoms with Crippen molar-refractivity contribution in [3.8, 4) is 11.3 Å². The summed E-state index contributed by atoms with van der Waals surface area (Å²) in [4.78, 5) is 39.7. The highest BCUT2D eigenvalue weighted by atomic mass is 19.1. The molecule has 1 aliphatic heterocycles. The summed E-state index contributed by atoms with van der Waals surface area (Å²) in [5, 5.41) is 2.94. The summed E-state index contributed by atoms with van der Waals surface area (Å²) < 4.78 is 14.0. The third-order valence-electron chi connectivity index (χ3n) is 7.05. The van der Waals surface area contributed by atoms with Crippen LogP contribution in [0.2, 0.25) is 0 Å². The molecule has 7 nitrogen and oxygen atoms in total. The van der Waals surface area contributed by atoms with E-state index in [0.717, 1.165) is 35.5 Å². The second kappa shape index (κ2) is 8.66. The van der Waals surface area contributed by atoms with Gasteiger partial charge in [0, 0.05) is 29.5 Å². The first-order valence-electron chi connectivity index (χ1n) is 11.7. The Balaban J connectivity index is 1.28. The standard InChI is InChI=1S/C26H28FN5O2/c1-14-24(15(2)29-13-28-14)22-8-9-23(31-22)26(34)32-11-10-19(16(32)3)25(33)30-18-6-7-21(27)20(12-18)17-4-5-17/h6-9,12-13,16-17,19,31H,4-5,10-11H2,1-3H3,(H,30,33)/t16-,19-/m0/s1. The van der Waals surface area contributed by atoms with E-state index in [9.17, 15) is 14.0 Å². The summed E-state index contributed by atoms with van der Waals surface area (Å²) in [5.41, 5.74) is 5.11. The van der Waals surface area contributed by atoms with Gasteiger partial charge < -0.3 is 15.2 Å². The van der Waals surface area contributed by atoms with Crippen molar-refractivity contribution in [1.29, 1.82) is 0 Å². The lowest BCUT2D eigenvalue weighted by Crippen LogP contribution is -2.39. The maximum Gasteiger partial charge on any atom is 0.270 e. The molecule has 2 aliphatic rings.